The molecule has 0 heterocycles. The summed E-state index contributed by atoms with van der Waals surface area (Å²) in [5.74, 6) is 3.18. The quantitative estimate of drug-likeness (QED) is 0.582. The van der Waals surface area contributed by atoms with Gasteiger partial charge < -0.3 is 0 Å². The van der Waals surface area contributed by atoms with Crippen molar-refractivity contribution < 1.29 is 4.43 Å². The fourth-order valence-corrected chi connectivity index (χ4v) is 3.46. The second-order valence-corrected chi connectivity index (χ2v) is 13.5. The topological polar surface area (TPSA) is 9.23 Å². The Morgan fingerprint density at radius 2 is 1.78 bits per heavy atom. The molecule has 0 unspecified atom stereocenters. The number of hydrogen-bond acceptors (Lipinski definition) is 1. The van der Waals surface area contributed by atoms with Gasteiger partial charge in [0.2, 0.25) is 0 Å². The van der Waals surface area contributed by atoms with Gasteiger partial charge in [0.1, 0.15) is 0 Å². The van der Waals surface area contributed by atoms with Crippen LogP contribution in [0.5, 0.6) is 0 Å². The molecule has 0 aliphatic carbocycles. The Morgan fingerprint density at radius 3 is 2.33 bits per heavy atom. The Bertz CT molecular complexity index is 423. The van der Waals surface area contributed by atoms with Crippen molar-refractivity contribution in [3.05, 3.63) is 30.3 Å². The van der Waals surface area contributed by atoms with Crippen LogP contribution in [0.4, 0.5) is 0 Å². The molecule has 0 aliphatic rings. The normalized spacial score (nSPS) is 11.6. The second-order valence-electron chi connectivity index (χ2n) is 5.74. The fourth-order valence-electron chi connectivity index (χ4n) is 0.982. The third kappa shape index (κ3) is 5.07. The second kappa shape index (κ2) is 6.67. The SMILES string of the molecule is CC(C)(C)[Si](C)(C)OC#CC[Te]c1ccccc1. The summed E-state index contributed by atoms with van der Waals surface area (Å²) in [6.07, 6.45) is 2.95. The van der Waals surface area contributed by atoms with E-state index in [1.165, 1.54) is 3.61 Å². The fraction of sp³-hybridized carbons (Fsp3) is 0.467. The van der Waals surface area contributed by atoms with Crippen molar-refractivity contribution in [1.29, 1.82) is 0 Å². The van der Waals surface area contributed by atoms with Crippen LogP contribution >= 0.6 is 0 Å². The van der Waals surface area contributed by atoms with E-state index < -0.39 is 8.32 Å². The van der Waals surface area contributed by atoms with Crippen LogP contribution in [0.1, 0.15) is 20.8 Å². The van der Waals surface area contributed by atoms with Crippen LogP contribution < -0.4 is 3.61 Å². The van der Waals surface area contributed by atoms with Crippen molar-refractivity contribution in [1.82, 2.24) is 0 Å². The molecule has 0 bridgehead atoms. The molecule has 1 aromatic carbocycles. The molecule has 3 heteroatoms. The molecule has 1 aromatic rings. The van der Waals surface area contributed by atoms with Gasteiger partial charge in [-0.2, -0.15) is 0 Å². The van der Waals surface area contributed by atoms with Crippen molar-refractivity contribution in [3.63, 3.8) is 0 Å². The summed E-state index contributed by atoms with van der Waals surface area (Å²) in [7, 11) is -1.69. The van der Waals surface area contributed by atoms with Crippen molar-refractivity contribution in [2.45, 2.75) is 43.4 Å². The van der Waals surface area contributed by atoms with Crippen LogP contribution in [0, 0.1) is 12.0 Å². The molecule has 0 amide bonds. The van der Waals surface area contributed by atoms with Gasteiger partial charge in [-0.1, -0.05) is 0 Å². The van der Waals surface area contributed by atoms with Gasteiger partial charge in [-0.25, -0.2) is 0 Å². The molecule has 0 saturated heterocycles. The van der Waals surface area contributed by atoms with Crippen molar-refractivity contribution in [2.75, 3.05) is 0 Å². The van der Waals surface area contributed by atoms with Crippen LogP contribution in [0.3, 0.4) is 0 Å². The Kier molecular flexibility index (Phi) is 5.79. The first-order valence-corrected chi connectivity index (χ1v) is 11.9. The first kappa shape index (κ1) is 15.6. The van der Waals surface area contributed by atoms with Gasteiger partial charge in [0.05, 0.1) is 0 Å². The van der Waals surface area contributed by atoms with Gasteiger partial charge in [0.15, 0.2) is 0 Å². The average Bonchev–Trinajstić information content (AvgIpc) is 2.28. The monoisotopic (exact) mass is 376 g/mol. The van der Waals surface area contributed by atoms with E-state index in [0.29, 0.717) is 0 Å². The zero-order chi connectivity index (χ0) is 13.6. The third-order valence-electron chi connectivity index (χ3n) is 3.24. The summed E-state index contributed by atoms with van der Waals surface area (Å²) < 4.78 is 8.28. The van der Waals surface area contributed by atoms with E-state index in [4.69, 9.17) is 4.43 Å². The summed E-state index contributed by atoms with van der Waals surface area (Å²) in [6, 6.07) is 10.6. The summed E-state index contributed by atoms with van der Waals surface area (Å²) in [6.45, 7) is 11.2. The van der Waals surface area contributed by atoms with E-state index >= 15 is 0 Å². The number of benzene rings is 1. The van der Waals surface area contributed by atoms with E-state index in [2.05, 4.69) is 76.2 Å². The summed E-state index contributed by atoms with van der Waals surface area (Å²) in [5.41, 5.74) is 0. The molecule has 0 radical (unpaired) electrons. The Balaban J connectivity index is 2.40. The van der Waals surface area contributed by atoms with Crippen LogP contribution in [0.25, 0.3) is 0 Å². The first-order chi connectivity index (χ1) is 8.33. The number of rotatable bonds is 3. The van der Waals surface area contributed by atoms with Gasteiger partial charge in [0, 0.05) is 0 Å². The van der Waals surface area contributed by atoms with Crippen LogP contribution in [-0.4, -0.2) is 29.2 Å². The van der Waals surface area contributed by atoms with E-state index in [1.54, 1.807) is 0 Å². The number of hydrogen-bond donors (Lipinski definition) is 0. The molecule has 0 spiro atoms. The Morgan fingerprint density at radius 1 is 1.17 bits per heavy atom. The predicted molar refractivity (Wildman–Crippen MR) is 82.7 cm³/mol. The van der Waals surface area contributed by atoms with Gasteiger partial charge >= 0.3 is 123 Å². The molecular weight excluding hydrogens is 352 g/mol. The summed E-state index contributed by atoms with van der Waals surface area (Å²) in [4.78, 5) is 0. The molecule has 0 fully saturated rings. The standard InChI is InChI=1S/C15H22OSiTe/c1-15(2,3)17(4,5)16-12-9-13-18-14-10-7-6-8-11-14/h6-8,10-11H,13H2,1-5H3. The summed E-state index contributed by atoms with van der Waals surface area (Å²) >= 11 is -0.168. The molecule has 0 aromatic heterocycles. The molecule has 0 N–H and O–H groups in total. The van der Waals surface area contributed by atoms with Crippen LogP contribution in [0.2, 0.25) is 22.6 Å². The molecule has 18 heavy (non-hydrogen) atoms. The van der Waals surface area contributed by atoms with Crippen molar-refractivity contribution in [3.8, 4) is 12.0 Å². The molecule has 0 atom stereocenters. The molecule has 1 rings (SSSR count). The summed E-state index contributed by atoms with van der Waals surface area (Å²) in [5, 5.41) is 0.234. The van der Waals surface area contributed by atoms with E-state index in [-0.39, 0.29) is 26.0 Å². The van der Waals surface area contributed by atoms with Crippen LogP contribution in [0.15, 0.2) is 30.3 Å². The molecule has 1 nitrogen and oxygen atoms in total. The van der Waals surface area contributed by atoms with Gasteiger partial charge in [-0.05, 0) is 0 Å². The van der Waals surface area contributed by atoms with E-state index in [0.717, 1.165) is 4.47 Å². The van der Waals surface area contributed by atoms with E-state index in [9.17, 15) is 0 Å². The van der Waals surface area contributed by atoms with Crippen molar-refractivity contribution in [2.24, 2.45) is 0 Å². The molecular formula is C15H22OSiTe. The Hall–Kier alpha value is -0.414. The van der Waals surface area contributed by atoms with E-state index in [1.807, 2.05) is 0 Å². The maximum absolute atomic E-state index is 5.83. The molecule has 98 valence electrons. The van der Waals surface area contributed by atoms with Gasteiger partial charge in [-0.3, -0.25) is 0 Å². The first-order valence-electron chi connectivity index (χ1n) is 6.17. The third-order valence-corrected chi connectivity index (χ3v) is 10.0. The maximum atomic E-state index is 5.83. The minimum absolute atomic E-state index is 0.168. The predicted octanol–water partition coefficient (Wildman–Crippen LogP) is 3.42. The van der Waals surface area contributed by atoms with Gasteiger partial charge in [-0.15, -0.1) is 0 Å². The molecule has 0 saturated carbocycles. The van der Waals surface area contributed by atoms with Crippen molar-refractivity contribution >= 4 is 32.9 Å². The Labute approximate surface area is 123 Å². The zero-order valence-corrected chi connectivity index (χ0v) is 15.2. The average molecular weight is 374 g/mol. The molecule has 0 aliphatic heterocycles. The zero-order valence-electron chi connectivity index (χ0n) is 11.9. The van der Waals surface area contributed by atoms with Crippen LogP contribution in [-0.2, 0) is 4.43 Å². The van der Waals surface area contributed by atoms with Gasteiger partial charge in [0.25, 0.3) is 0 Å². The minimum atomic E-state index is -1.69.